The summed E-state index contributed by atoms with van der Waals surface area (Å²) in [5, 5.41) is 6.20. The van der Waals surface area contributed by atoms with Crippen LogP contribution in [-0.4, -0.2) is 32.8 Å². The summed E-state index contributed by atoms with van der Waals surface area (Å²) >= 11 is 3.21. The first-order valence-electron chi connectivity index (χ1n) is 5.41. The fraction of sp³-hybridized carbons (Fsp3) is 0.182. The second-order valence-electron chi connectivity index (χ2n) is 3.73. The molecule has 2 N–H and O–H groups in total. The van der Waals surface area contributed by atoms with Crippen molar-refractivity contribution in [3.63, 3.8) is 0 Å². The zero-order valence-corrected chi connectivity index (χ0v) is 13.1. The van der Waals surface area contributed by atoms with Gasteiger partial charge in [-0.2, -0.15) is 5.10 Å². The number of ether oxygens (including phenoxy) is 2. The molecule has 20 heavy (non-hydrogen) atoms. The van der Waals surface area contributed by atoms with Gasteiger partial charge in [-0.3, -0.25) is 9.82 Å². The Balaban J connectivity index is 2.46. The highest BCUT2D eigenvalue weighted by molar-refractivity contribution is 9.10. The number of hydrogen-bond donors (Lipinski definition) is 2. The zero-order valence-electron chi connectivity index (χ0n) is 10.7. The lowest BCUT2D eigenvalue weighted by Crippen LogP contribution is -2.13. The lowest BCUT2D eigenvalue weighted by atomic mass is 10.3. The van der Waals surface area contributed by atoms with E-state index in [9.17, 15) is 8.42 Å². The summed E-state index contributed by atoms with van der Waals surface area (Å²) in [6.45, 7) is 0. The van der Waals surface area contributed by atoms with Gasteiger partial charge < -0.3 is 9.47 Å². The van der Waals surface area contributed by atoms with Crippen LogP contribution in [0.3, 0.4) is 0 Å². The number of hydrogen-bond acceptors (Lipinski definition) is 5. The number of sulfonamides is 1. The lowest BCUT2D eigenvalue weighted by Gasteiger charge is -2.12. The molecule has 0 spiro atoms. The molecule has 0 aliphatic heterocycles. The van der Waals surface area contributed by atoms with Crippen molar-refractivity contribution in [2.75, 3.05) is 18.9 Å². The SMILES string of the molecule is COc1cc(Br)c(S(=O)(=O)Nc2cn[nH]c2)cc1OC. The molecular formula is C11H12BrN3O4S. The van der Waals surface area contributed by atoms with Crippen molar-refractivity contribution in [3.8, 4) is 11.5 Å². The Morgan fingerprint density at radius 2 is 1.90 bits per heavy atom. The summed E-state index contributed by atoms with van der Waals surface area (Å²) in [4.78, 5) is 0.0383. The van der Waals surface area contributed by atoms with Gasteiger partial charge in [0.1, 0.15) is 4.90 Å². The molecule has 2 aromatic rings. The van der Waals surface area contributed by atoms with E-state index in [1.165, 1.54) is 38.7 Å². The lowest BCUT2D eigenvalue weighted by molar-refractivity contribution is 0.353. The zero-order chi connectivity index (χ0) is 14.8. The van der Waals surface area contributed by atoms with Crippen molar-refractivity contribution in [1.82, 2.24) is 10.2 Å². The van der Waals surface area contributed by atoms with Gasteiger partial charge in [-0.05, 0) is 22.0 Å². The summed E-state index contributed by atoms with van der Waals surface area (Å²) in [6.07, 6.45) is 2.80. The third kappa shape index (κ3) is 2.88. The molecule has 108 valence electrons. The average Bonchev–Trinajstić information content (AvgIpc) is 2.90. The molecule has 0 aliphatic carbocycles. The van der Waals surface area contributed by atoms with Gasteiger partial charge in [0, 0.05) is 16.7 Å². The molecule has 0 radical (unpaired) electrons. The summed E-state index contributed by atoms with van der Waals surface area (Å²) in [7, 11) is -0.853. The highest BCUT2D eigenvalue weighted by Gasteiger charge is 2.21. The van der Waals surface area contributed by atoms with Gasteiger partial charge in [-0.15, -0.1) is 0 Å². The van der Waals surface area contributed by atoms with Crippen LogP contribution in [0.4, 0.5) is 5.69 Å². The number of nitrogens with zero attached hydrogens (tertiary/aromatic N) is 1. The Labute approximate surface area is 124 Å². The van der Waals surface area contributed by atoms with E-state index in [1.54, 1.807) is 0 Å². The summed E-state index contributed by atoms with van der Waals surface area (Å²) in [5.41, 5.74) is 0.340. The number of benzene rings is 1. The van der Waals surface area contributed by atoms with E-state index in [0.717, 1.165) is 0 Å². The average molecular weight is 362 g/mol. The van der Waals surface area contributed by atoms with Crippen molar-refractivity contribution in [1.29, 1.82) is 0 Å². The van der Waals surface area contributed by atoms with Gasteiger partial charge >= 0.3 is 0 Å². The van der Waals surface area contributed by atoms with E-state index < -0.39 is 10.0 Å². The standard InChI is InChI=1S/C11H12BrN3O4S/c1-18-9-3-8(12)11(4-10(9)19-2)20(16,17)15-7-5-13-14-6-7/h3-6,15H,1-2H3,(H,13,14). The van der Waals surface area contributed by atoms with Gasteiger partial charge in [0.05, 0.1) is 26.1 Å². The molecule has 0 fully saturated rings. The Morgan fingerprint density at radius 1 is 1.25 bits per heavy atom. The number of nitrogens with one attached hydrogen (secondary N) is 2. The number of H-pyrrole nitrogens is 1. The molecule has 0 unspecified atom stereocenters. The van der Waals surface area contributed by atoms with Crippen LogP contribution in [0, 0.1) is 0 Å². The maximum atomic E-state index is 12.3. The third-order valence-electron chi connectivity index (χ3n) is 2.48. The van der Waals surface area contributed by atoms with Crippen LogP contribution >= 0.6 is 15.9 Å². The predicted octanol–water partition coefficient (Wildman–Crippen LogP) is 1.99. The molecule has 2 rings (SSSR count). The first kappa shape index (κ1) is 14.7. The molecule has 0 saturated carbocycles. The van der Waals surface area contributed by atoms with Crippen LogP contribution in [0.1, 0.15) is 0 Å². The Hall–Kier alpha value is -1.74. The smallest absolute Gasteiger partial charge is 0.263 e. The van der Waals surface area contributed by atoms with Crippen molar-refractivity contribution in [2.45, 2.75) is 4.90 Å². The van der Waals surface area contributed by atoms with Crippen LogP contribution in [0.2, 0.25) is 0 Å². The first-order valence-corrected chi connectivity index (χ1v) is 7.68. The molecule has 0 bridgehead atoms. The molecule has 0 aliphatic rings. The molecular weight excluding hydrogens is 350 g/mol. The minimum atomic E-state index is -3.76. The van der Waals surface area contributed by atoms with Gasteiger partial charge in [-0.25, -0.2) is 8.42 Å². The van der Waals surface area contributed by atoms with E-state index in [0.29, 0.717) is 21.7 Å². The predicted molar refractivity (Wildman–Crippen MR) is 76.6 cm³/mol. The minimum Gasteiger partial charge on any atom is -0.493 e. The molecule has 7 nitrogen and oxygen atoms in total. The van der Waals surface area contributed by atoms with Gasteiger partial charge in [0.15, 0.2) is 11.5 Å². The number of methoxy groups -OCH3 is 2. The van der Waals surface area contributed by atoms with Crippen LogP contribution in [0.15, 0.2) is 33.9 Å². The van der Waals surface area contributed by atoms with Crippen LogP contribution in [0.5, 0.6) is 11.5 Å². The molecule has 0 amide bonds. The van der Waals surface area contributed by atoms with Crippen LogP contribution in [0.25, 0.3) is 0 Å². The second-order valence-corrected chi connectivity index (χ2v) is 6.24. The van der Waals surface area contributed by atoms with Crippen LogP contribution in [-0.2, 0) is 10.0 Å². The molecule has 1 heterocycles. The maximum absolute atomic E-state index is 12.3. The largest absolute Gasteiger partial charge is 0.493 e. The number of halogens is 1. The Bertz CT molecular complexity index is 701. The molecule has 0 atom stereocenters. The normalized spacial score (nSPS) is 11.2. The minimum absolute atomic E-state index is 0.0383. The van der Waals surface area contributed by atoms with E-state index in [-0.39, 0.29) is 4.90 Å². The van der Waals surface area contributed by atoms with E-state index in [4.69, 9.17) is 9.47 Å². The van der Waals surface area contributed by atoms with Gasteiger partial charge in [0.25, 0.3) is 10.0 Å². The summed E-state index contributed by atoms with van der Waals surface area (Å²) in [5.74, 6) is 0.755. The van der Waals surface area contributed by atoms with Crippen molar-refractivity contribution in [2.24, 2.45) is 0 Å². The van der Waals surface area contributed by atoms with E-state index in [1.807, 2.05) is 0 Å². The number of anilines is 1. The second kappa shape index (κ2) is 5.71. The quantitative estimate of drug-likeness (QED) is 0.849. The highest BCUT2D eigenvalue weighted by Crippen LogP contribution is 2.36. The molecule has 0 saturated heterocycles. The molecule has 9 heteroatoms. The molecule has 1 aromatic heterocycles. The van der Waals surface area contributed by atoms with Gasteiger partial charge in [-0.1, -0.05) is 0 Å². The van der Waals surface area contributed by atoms with Crippen molar-refractivity contribution >= 4 is 31.6 Å². The maximum Gasteiger partial charge on any atom is 0.263 e. The van der Waals surface area contributed by atoms with E-state index >= 15 is 0 Å². The highest BCUT2D eigenvalue weighted by atomic mass is 79.9. The van der Waals surface area contributed by atoms with E-state index in [2.05, 4.69) is 30.8 Å². The van der Waals surface area contributed by atoms with Crippen molar-refractivity contribution in [3.05, 3.63) is 29.0 Å². The number of aromatic nitrogens is 2. The summed E-state index contributed by atoms with van der Waals surface area (Å²) in [6, 6.07) is 2.91. The Kier molecular flexibility index (Phi) is 4.19. The third-order valence-corrected chi connectivity index (χ3v) is 4.82. The van der Waals surface area contributed by atoms with Crippen molar-refractivity contribution < 1.29 is 17.9 Å². The van der Waals surface area contributed by atoms with Gasteiger partial charge in [0.2, 0.25) is 0 Å². The first-order chi connectivity index (χ1) is 9.47. The van der Waals surface area contributed by atoms with Crippen LogP contribution < -0.4 is 14.2 Å². The number of aromatic amines is 1. The fourth-order valence-electron chi connectivity index (χ4n) is 1.56. The number of rotatable bonds is 5. The topological polar surface area (TPSA) is 93.3 Å². The molecule has 1 aromatic carbocycles. The Morgan fingerprint density at radius 3 is 2.45 bits per heavy atom. The summed E-state index contributed by atoms with van der Waals surface area (Å²) < 4.78 is 37.6. The monoisotopic (exact) mass is 361 g/mol. The fourth-order valence-corrected chi connectivity index (χ4v) is 3.63.